The molecular weight excluding hydrogens is 417 g/mol. The van der Waals surface area contributed by atoms with Gasteiger partial charge >= 0.3 is 6.18 Å². The molecule has 2 aliphatic rings. The van der Waals surface area contributed by atoms with Crippen molar-refractivity contribution < 1.29 is 21.6 Å². The predicted octanol–water partition coefficient (Wildman–Crippen LogP) is 3.56. The van der Waals surface area contributed by atoms with Crippen molar-refractivity contribution in [1.29, 1.82) is 0 Å². The SMILES string of the molecule is CCCN1C=CN2C=C(S(=O)(=O)N[C@H](c3ccc(Cl)cc3)C(F)(F)F)NC2=C1. The van der Waals surface area contributed by atoms with E-state index in [1.807, 2.05) is 11.8 Å². The molecular formula is C17H18ClF3N4O2S. The molecule has 0 bridgehead atoms. The lowest BCUT2D eigenvalue weighted by Gasteiger charge is -2.24. The van der Waals surface area contributed by atoms with Gasteiger partial charge in [-0.1, -0.05) is 30.7 Å². The van der Waals surface area contributed by atoms with Crippen molar-refractivity contribution in [2.45, 2.75) is 25.6 Å². The molecule has 1 atom stereocenters. The van der Waals surface area contributed by atoms with Crippen molar-refractivity contribution in [1.82, 2.24) is 19.8 Å². The molecule has 3 rings (SSSR count). The van der Waals surface area contributed by atoms with E-state index in [1.165, 1.54) is 23.2 Å². The van der Waals surface area contributed by atoms with Crippen LogP contribution in [0, 0.1) is 0 Å². The monoisotopic (exact) mass is 434 g/mol. The largest absolute Gasteiger partial charge is 0.408 e. The summed E-state index contributed by atoms with van der Waals surface area (Å²) in [5.74, 6) is 0.436. The predicted molar refractivity (Wildman–Crippen MR) is 99.6 cm³/mol. The summed E-state index contributed by atoms with van der Waals surface area (Å²) in [5.41, 5.74) is -0.259. The molecule has 0 unspecified atom stereocenters. The molecule has 28 heavy (non-hydrogen) atoms. The number of rotatable bonds is 6. The fraction of sp³-hybridized carbons (Fsp3) is 0.294. The van der Waals surface area contributed by atoms with E-state index >= 15 is 0 Å². The average molecular weight is 435 g/mol. The fourth-order valence-electron chi connectivity index (χ4n) is 2.73. The van der Waals surface area contributed by atoms with Gasteiger partial charge in [0, 0.05) is 36.4 Å². The molecule has 1 aromatic rings. The van der Waals surface area contributed by atoms with E-state index < -0.39 is 22.2 Å². The Morgan fingerprint density at radius 2 is 1.86 bits per heavy atom. The van der Waals surface area contributed by atoms with Crippen molar-refractivity contribution in [2.24, 2.45) is 0 Å². The first-order chi connectivity index (χ1) is 13.1. The van der Waals surface area contributed by atoms with Gasteiger partial charge in [-0.15, -0.1) is 0 Å². The van der Waals surface area contributed by atoms with Gasteiger partial charge in [0.15, 0.2) is 5.03 Å². The van der Waals surface area contributed by atoms with Crippen LogP contribution in [0.3, 0.4) is 0 Å². The zero-order chi connectivity index (χ0) is 20.5. The van der Waals surface area contributed by atoms with Gasteiger partial charge in [0.2, 0.25) is 0 Å². The van der Waals surface area contributed by atoms with Gasteiger partial charge in [0.05, 0.1) is 0 Å². The summed E-state index contributed by atoms with van der Waals surface area (Å²) in [4.78, 5) is 3.34. The minimum atomic E-state index is -4.83. The number of alkyl halides is 3. The maximum atomic E-state index is 13.5. The van der Waals surface area contributed by atoms with Crippen molar-refractivity contribution in [3.8, 4) is 0 Å². The standard InChI is InChI=1S/C17H18ClF3N4O2S/c1-2-7-24-8-9-25-11-15(22-14(25)10-24)28(26,27)23-16(17(19,20)21)12-3-5-13(18)6-4-12/h3-6,8-11,16,22-23H,2,7H2,1H3/t16-/m1/s1. The zero-order valence-corrected chi connectivity index (χ0v) is 16.3. The van der Waals surface area contributed by atoms with Crippen molar-refractivity contribution in [3.63, 3.8) is 0 Å². The van der Waals surface area contributed by atoms with Gasteiger partial charge in [0.1, 0.15) is 11.9 Å². The van der Waals surface area contributed by atoms with Gasteiger partial charge < -0.3 is 15.1 Å². The number of halogens is 4. The zero-order valence-electron chi connectivity index (χ0n) is 14.7. The van der Waals surface area contributed by atoms with E-state index in [0.29, 0.717) is 5.82 Å². The van der Waals surface area contributed by atoms with Gasteiger partial charge in [-0.05, 0) is 24.1 Å². The van der Waals surface area contributed by atoms with Gasteiger partial charge in [-0.2, -0.15) is 17.9 Å². The molecule has 0 aliphatic carbocycles. The third-order valence-corrected chi connectivity index (χ3v) is 5.65. The minimum Gasteiger partial charge on any atom is -0.349 e. The normalized spacial score (nSPS) is 17.8. The van der Waals surface area contributed by atoms with Gasteiger partial charge in [0.25, 0.3) is 10.0 Å². The minimum absolute atomic E-state index is 0.250. The Kier molecular flexibility index (Phi) is 5.64. The molecule has 2 aliphatic heterocycles. The Morgan fingerprint density at radius 1 is 1.18 bits per heavy atom. The second-order valence-electron chi connectivity index (χ2n) is 6.22. The summed E-state index contributed by atoms with van der Waals surface area (Å²) in [6.07, 6.45) is 2.33. The molecule has 0 amide bonds. The highest BCUT2D eigenvalue weighted by Gasteiger charge is 2.44. The number of nitrogens with zero attached hydrogens (tertiary/aromatic N) is 2. The number of nitrogens with one attached hydrogen (secondary N) is 2. The van der Waals surface area contributed by atoms with Gasteiger partial charge in [-0.25, -0.2) is 8.42 Å². The van der Waals surface area contributed by atoms with Crippen LogP contribution in [0.5, 0.6) is 0 Å². The fourth-order valence-corrected chi connectivity index (χ4v) is 4.05. The summed E-state index contributed by atoms with van der Waals surface area (Å²) < 4.78 is 67.5. The van der Waals surface area contributed by atoms with E-state index in [4.69, 9.17) is 11.6 Å². The van der Waals surface area contributed by atoms with Crippen molar-refractivity contribution in [3.05, 3.63) is 70.5 Å². The van der Waals surface area contributed by atoms with Crippen LogP contribution in [0.15, 0.2) is 59.9 Å². The Balaban J connectivity index is 1.83. The Hall–Kier alpha value is -2.17. The molecule has 11 heteroatoms. The van der Waals surface area contributed by atoms with E-state index in [1.54, 1.807) is 23.3 Å². The summed E-state index contributed by atoms with van der Waals surface area (Å²) >= 11 is 5.71. The van der Waals surface area contributed by atoms with Crippen LogP contribution < -0.4 is 10.0 Å². The molecule has 152 valence electrons. The van der Waals surface area contributed by atoms with Gasteiger partial charge in [-0.3, -0.25) is 0 Å². The van der Waals surface area contributed by atoms with Crippen LogP contribution in [-0.2, 0) is 10.0 Å². The second kappa shape index (κ2) is 7.69. The van der Waals surface area contributed by atoms with Crippen LogP contribution in [0.4, 0.5) is 13.2 Å². The van der Waals surface area contributed by atoms with Crippen LogP contribution in [0.1, 0.15) is 24.9 Å². The van der Waals surface area contributed by atoms with Crippen LogP contribution >= 0.6 is 11.6 Å². The maximum absolute atomic E-state index is 13.5. The third-order valence-electron chi connectivity index (χ3n) is 4.07. The van der Waals surface area contributed by atoms with E-state index in [2.05, 4.69) is 5.32 Å². The molecule has 0 aromatic heterocycles. The molecule has 0 spiro atoms. The highest BCUT2D eigenvalue weighted by atomic mass is 35.5. The number of hydrogen-bond donors (Lipinski definition) is 2. The first-order valence-electron chi connectivity index (χ1n) is 8.38. The molecule has 0 radical (unpaired) electrons. The smallest absolute Gasteiger partial charge is 0.349 e. The van der Waals surface area contributed by atoms with E-state index in [-0.39, 0.29) is 15.6 Å². The average Bonchev–Trinajstić information content (AvgIpc) is 3.04. The summed E-state index contributed by atoms with van der Waals surface area (Å²) in [6, 6.07) is 2.41. The van der Waals surface area contributed by atoms with Crippen molar-refractivity contribution >= 4 is 21.6 Å². The maximum Gasteiger partial charge on any atom is 0.408 e. The molecule has 2 heterocycles. The van der Waals surface area contributed by atoms with E-state index in [0.717, 1.165) is 25.1 Å². The number of sulfonamides is 1. The lowest BCUT2D eigenvalue weighted by Crippen LogP contribution is -2.40. The Morgan fingerprint density at radius 3 is 2.46 bits per heavy atom. The van der Waals surface area contributed by atoms with Crippen LogP contribution in [0.25, 0.3) is 0 Å². The molecule has 0 fully saturated rings. The number of hydrogen-bond acceptors (Lipinski definition) is 5. The number of fused-ring (bicyclic) bond motifs is 1. The number of benzene rings is 1. The molecule has 0 saturated carbocycles. The van der Waals surface area contributed by atoms with Crippen molar-refractivity contribution in [2.75, 3.05) is 6.54 Å². The van der Waals surface area contributed by atoms with E-state index in [9.17, 15) is 21.6 Å². The third kappa shape index (κ3) is 4.45. The highest BCUT2D eigenvalue weighted by molar-refractivity contribution is 7.93. The first kappa shape index (κ1) is 20.6. The quantitative estimate of drug-likeness (QED) is 0.716. The lowest BCUT2D eigenvalue weighted by molar-refractivity contribution is -0.153. The summed E-state index contributed by atoms with van der Waals surface area (Å²) in [5, 5.41) is 2.53. The highest BCUT2D eigenvalue weighted by Crippen LogP contribution is 2.35. The molecule has 6 nitrogen and oxygen atoms in total. The summed E-state index contributed by atoms with van der Waals surface area (Å²) in [7, 11) is -4.48. The first-order valence-corrected chi connectivity index (χ1v) is 10.2. The Bertz CT molecular complexity index is 927. The summed E-state index contributed by atoms with van der Waals surface area (Å²) in [6.45, 7) is 2.72. The topological polar surface area (TPSA) is 64.7 Å². The molecule has 2 N–H and O–H groups in total. The van der Waals surface area contributed by atoms with Crippen LogP contribution in [0.2, 0.25) is 5.02 Å². The lowest BCUT2D eigenvalue weighted by atomic mass is 10.1. The molecule has 1 aromatic carbocycles. The Labute approximate surface area is 166 Å². The molecule has 0 saturated heterocycles. The second-order valence-corrected chi connectivity index (χ2v) is 8.34. The van der Waals surface area contributed by atoms with Crippen LogP contribution in [-0.4, -0.2) is 30.9 Å².